The molecule has 4 aliphatic rings. The van der Waals surface area contributed by atoms with E-state index in [9.17, 15) is 4.79 Å². The lowest BCUT2D eigenvalue weighted by Gasteiger charge is -2.59. The topological polar surface area (TPSA) is 42.2 Å². The second-order valence-corrected chi connectivity index (χ2v) is 7.89. The number of hydrogen-bond acceptors (Lipinski definition) is 2. The van der Waals surface area contributed by atoms with E-state index in [2.05, 4.69) is 12.2 Å². The molecule has 1 atom stereocenters. The first-order chi connectivity index (χ1) is 10.0. The molecule has 0 aromatic carbocycles. The fourth-order valence-corrected chi connectivity index (χ4v) is 5.69. The summed E-state index contributed by atoms with van der Waals surface area (Å²) in [5.41, 5.74) is 0.353. The van der Waals surface area contributed by atoms with Gasteiger partial charge in [0.25, 0.3) is 5.91 Å². The first-order valence-electron chi connectivity index (χ1n) is 8.41. The van der Waals surface area contributed by atoms with Gasteiger partial charge in [-0.25, -0.2) is 0 Å². The Bertz CT molecular complexity index is 524. The van der Waals surface area contributed by atoms with Crippen LogP contribution in [0, 0.1) is 30.1 Å². The lowest BCUT2D eigenvalue weighted by molar-refractivity contribution is -0.0688. The second kappa shape index (κ2) is 4.62. The lowest BCUT2D eigenvalue weighted by Crippen LogP contribution is -2.55. The number of carbonyl (C=O) groups is 1. The summed E-state index contributed by atoms with van der Waals surface area (Å²) in [6.45, 7) is 4.08. The molecule has 21 heavy (non-hydrogen) atoms. The average molecular weight is 287 g/mol. The van der Waals surface area contributed by atoms with Crippen LogP contribution in [0.25, 0.3) is 0 Å². The minimum atomic E-state index is -0.0497. The molecule has 3 heteroatoms. The summed E-state index contributed by atoms with van der Waals surface area (Å²) in [5.74, 6) is 3.95. The van der Waals surface area contributed by atoms with E-state index in [0.717, 1.165) is 23.5 Å². The maximum atomic E-state index is 12.4. The van der Waals surface area contributed by atoms with E-state index in [1.165, 1.54) is 38.5 Å². The van der Waals surface area contributed by atoms with Gasteiger partial charge in [0.05, 0.1) is 0 Å². The van der Waals surface area contributed by atoms with Gasteiger partial charge in [0.1, 0.15) is 5.76 Å². The van der Waals surface area contributed by atoms with Gasteiger partial charge in [-0.3, -0.25) is 4.79 Å². The van der Waals surface area contributed by atoms with E-state index in [-0.39, 0.29) is 11.9 Å². The molecule has 0 spiro atoms. The molecule has 0 unspecified atom stereocenters. The van der Waals surface area contributed by atoms with Crippen molar-refractivity contribution in [3.8, 4) is 0 Å². The smallest absolute Gasteiger partial charge is 0.287 e. The molecule has 5 rings (SSSR count). The van der Waals surface area contributed by atoms with Gasteiger partial charge < -0.3 is 9.73 Å². The molecule has 1 aromatic heterocycles. The predicted molar refractivity (Wildman–Crippen MR) is 81.0 cm³/mol. The molecule has 0 aliphatic heterocycles. The van der Waals surface area contributed by atoms with Crippen LogP contribution in [0.4, 0.5) is 0 Å². The fraction of sp³-hybridized carbons (Fsp3) is 0.722. The number of rotatable bonds is 3. The summed E-state index contributed by atoms with van der Waals surface area (Å²) in [5, 5.41) is 3.23. The third-order valence-corrected chi connectivity index (χ3v) is 6.32. The van der Waals surface area contributed by atoms with Gasteiger partial charge in [-0.15, -0.1) is 0 Å². The van der Waals surface area contributed by atoms with Crippen molar-refractivity contribution < 1.29 is 9.21 Å². The van der Waals surface area contributed by atoms with Crippen LogP contribution in [0.15, 0.2) is 16.5 Å². The highest BCUT2D eigenvalue weighted by Gasteiger charge is 2.53. The highest BCUT2D eigenvalue weighted by molar-refractivity contribution is 5.91. The molecule has 1 aromatic rings. The summed E-state index contributed by atoms with van der Waals surface area (Å²) in [4.78, 5) is 12.4. The zero-order chi connectivity index (χ0) is 14.6. The van der Waals surface area contributed by atoms with Gasteiger partial charge in [0.15, 0.2) is 5.76 Å². The maximum Gasteiger partial charge on any atom is 0.287 e. The Morgan fingerprint density at radius 1 is 1.19 bits per heavy atom. The van der Waals surface area contributed by atoms with E-state index in [1.807, 2.05) is 13.0 Å². The second-order valence-electron chi connectivity index (χ2n) is 7.89. The normalized spacial score (nSPS) is 38.5. The van der Waals surface area contributed by atoms with Crippen LogP contribution in [-0.2, 0) is 0 Å². The average Bonchev–Trinajstić information content (AvgIpc) is 2.84. The van der Waals surface area contributed by atoms with E-state index >= 15 is 0 Å². The molecule has 114 valence electrons. The molecular weight excluding hydrogens is 262 g/mol. The van der Waals surface area contributed by atoms with Gasteiger partial charge in [0, 0.05) is 6.04 Å². The quantitative estimate of drug-likeness (QED) is 0.915. The monoisotopic (exact) mass is 287 g/mol. The largest absolute Gasteiger partial charge is 0.456 e. The predicted octanol–water partition coefficient (Wildman–Crippen LogP) is 3.92. The summed E-state index contributed by atoms with van der Waals surface area (Å²) >= 11 is 0. The fourth-order valence-electron chi connectivity index (χ4n) is 5.69. The third kappa shape index (κ3) is 2.21. The highest BCUT2D eigenvalue weighted by Crippen LogP contribution is 2.61. The molecule has 4 saturated carbocycles. The van der Waals surface area contributed by atoms with Gasteiger partial charge in [-0.1, -0.05) is 0 Å². The summed E-state index contributed by atoms with van der Waals surface area (Å²) in [7, 11) is 0. The van der Waals surface area contributed by atoms with Crippen LogP contribution in [-0.4, -0.2) is 11.9 Å². The van der Waals surface area contributed by atoms with Gasteiger partial charge in [-0.2, -0.15) is 0 Å². The molecule has 3 nitrogen and oxygen atoms in total. The van der Waals surface area contributed by atoms with Crippen molar-refractivity contribution in [2.45, 2.75) is 58.4 Å². The van der Waals surface area contributed by atoms with Crippen molar-refractivity contribution in [3.05, 3.63) is 23.7 Å². The van der Waals surface area contributed by atoms with Crippen LogP contribution in [0.3, 0.4) is 0 Å². The van der Waals surface area contributed by atoms with Crippen LogP contribution in [0.2, 0.25) is 0 Å². The van der Waals surface area contributed by atoms with Crippen LogP contribution >= 0.6 is 0 Å². The van der Waals surface area contributed by atoms with Crippen molar-refractivity contribution in [1.29, 1.82) is 0 Å². The number of hydrogen-bond donors (Lipinski definition) is 1. The molecule has 1 heterocycles. The molecule has 4 fully saturated rings. The molecule has 1 N–H and O–H groups in total. The molecule has 4 bridgehead atoms. The van der Waals surface area contributed by atoms with Crippen LogP contribution in [0.5, 0.6) is 0 Å². The van der Waals surface area contributed by atoms with Crippen LogP contribution < -0.4 is 5.32 Å². The minimum Gasteiger partial charge on any atom is -0.456 e. The van der Waals surface area contributed by atoms with Crippen molar-refractivity contribution in [2.75, 3.05) is 0 Å². The Morgan fingerprint density at radius 2 is 1.76 bits per heavy atom. The highest BCUT2D eigenvalue weighted by atomic mass is 16.3. The number of aryl methyl sites for hydroxylation is 1. The lowest BCUT2D eigenvalue weighted by atomic mass is 9.48. The molecule has 4 aliphatic carbocycles. The number of carbonyl (C=O) groups excluding carboxylic acids is 1. The van der Waals surface area contributed by atoms with Crippen molar-refractivity contribution in [3.63, 3.8) is 0 Å². The van der Waals surface area contributed by atoms with Crippen molar-refractivity contribution in [2.24, 2.45) is 23.2 Å². The van der Waals surface area contributed by atoms with E-state index in [4.69, 9.17) is 4.42 Å². The Hall–Kier alpha value is -1.25. The Kier molecular flexibility index (Phi) is 2.95. The zero-order valence-corrected chi connectivity index (χ0v) is 13.0. The van der Waals surface area contributed by atoms with Gasteiger partial charge >= 0.3 is 0 Å². The SMILES string of the molecule is Cc1ccc(C(=O)N[C@@H](C)C23CC4CC(CC(C4)C2)C3)o1. The van der Waals surface area contributed by atoms with Crippen molar-refractivity contribution in [1.82, 2.24) is 5.32 Å². The molecular formula is C18H25NO2. The van der Waals surface area contributed by atoms with E-state index in [1.54, 1.807) is 6.07 Å². The summed E-state index contributed by atoms with van der Waals surface area (Å²) < 4.78 is 5.45. The maximum absolute atomic E-state index is 12.4. The number of nitrogens with one attached hydrogen (secondary N) is 1. The Balaban J connectivity index is 1.50. The number of amides is 1. The minimum absolute atomic E-state index is 0.0497. The Labute approximate surface area is 126 Å². The van der Waals surface area contributed by atoms with Crippen molar-refractivity contribution >= 4 is 5.91 Å². The van der Waals surface area contributed by atoms with E-state index in [0.29, 0.717) is 11.2 Å². The summed E-state index contributed by atoms with van der Waals surface area (Å²) in [6.07, 6.45) is 8.28. The summed E-state index contributed by atoms with van der Waals surface area (Å²) in [6, 6.07) is 3.88. The zero-order valence-electron chi connectivity index (χ0n) is 13.0. The van der Waals surface area contributed by atoms with Gasteiger partial charge in [0.2, 0.25) is 0 Å². The standard InChI is InChI=1S/C18H25NO2/c1-11-3-4-16(21-11)17(20)19-12(2)18-8-13-5-14(9-18)7-15(6-13)10-18/h3-4,12-15H,5-10H2,1-2H3,(H,19,20)/t12-,13?,14?,15?,18?/m0/s1. The van der Waals surface area contributed by atoms with E-state index < -0.39 is 0 Å². The molecule has 0 radical (unpaired) electrons. The number of furan rings is 1. The molecule has 1 amide bonds. The van der Waals surface area contributed by atoms with Crippen LogP contribution in [0.1, 0.15) is 61.8 Å². The Morgan fingerprint density at radius 3 is 2.24 bits per heavy atom. The first kappa shape index (κ1) is 13.4. The molecule has 0 saturated heterocycles. The first-order valence-corrected chi connectivity index (χ1v) is 8.41. The third-order valence-electron chi connectivity index (χ3n) is 6.32. The van der Waals surface area contributed by atoms with Gasteiger partial charge in [-0.05, 0) is 87.7 Å².